The van der Waals surface area contributed by atoms with Gasteiger partial charge in [-0.2, -0.15) is 5.10 Å². The van der Waals surface area contributed by atoms with Gasteiger partial charge in [0, 0.05) is 12.7 Å². The van der Waals surface area contributed by atoms with Crippen LogP contribution in [-0.4, -0.2) is 19.7 Å². The molecule has 2 rings (SSSR count). The van der Waals surface area contributed by atoms with Crippen molar-refractivity contribution in [1.82, 2.24) is 19.7 Å². The number of nitrogens with one attached hydrogen (secondary N) is 1. The third-order valence-corrected chi connectivity index (χ3v) is 3.73. The van der Waals surface area contributed by atoms with Crippen molar-refractivity contribution in [3.8, 4) is 10.7 Å². The predicted octanol–water partition coefficient (Wildman–Crippen LogP) is 3.04. The molecule has 1 N–H and O–H groups in total. The van der Waals surface area contributed by atoms with Gasteiger partial charge in [0.1, 0.15) is 0 Å². The SMILES string of the molecule is CCCn1c(-c2cnc(CC)s2)n[nH]c1=S. The molecule has 0 fully saturated rings. The van der Waals surface area contributed by atoms with E-state index in [1.165, 1.54) is 0 Å². The maximum Gasteiger partial charge on any atom is 0.195 e. The fourth-order valence-electron chi connectivity index (χ4n) is 1.51. The number of rotatable bonds is 4. The fourth-order valence-corrected chi connectivity index (χ4v) is 2.59. The maximum atomic E-state index is 5.20. The summed E-state index contributed by atoms with van der Waals surface area (Å²) in [6.07, 6.45) is 3.88. The van der Waals surface area contributed by atoms with E-state index in [1.54, 1.807) is 11.3 Å². The average molecular weight is 254 g/mol. The Kier molecular flexibility index (Phi) is 3.50. The van der Waals surface area contributed by atoms with E-state index in [2.05, 4.69) is 29.0 Å². The van der Waals surface area contributed by atoms with Crippen LogP contribution in [0.15, 0.2) is 6.20 Å². The smallest absolute Gasteiger partial charge is 0.195 e. The molecule has 0 aromatic carbocycles. The highest BCUT2D eigenvalue weighted by molar-refractivity contribution is 7.71. The lowest BCUT2D eigenvalue weighted by atomic mass is 10.4. The van der Waals surface area contributed by atoms with Gasteiger partial charge in [0.15, 0.2) is 10.6 Å². The largest absolute Gasteiger partial charge is 0.299 e. The highest BCUT2D eigenvalue weighted by atomic mass is 32.1. The summed E-state index contributed by atoms with van der Waals surface area (Å²) in [7, 11) is 0. The topological polar surface area (TPSA) is 46.5 Å². The molecule has 0 aliphatic heterocycles. The third kappa shape index (κ3) is 2.08. The normalized spacial score (nSPS) is 10.9. The van der Waals surface area contributed by atoms with E-state index in [1.807, 2.05) is 10.8 Å². The molecule has 0 bridgehead atoms. The molecule has 0 radical (unpaired) electrons. The molecule has 2 aromatic heterocycles. The van der Waals surface area contributed by atoms with Crippen LogP contribution in [0.4, 0.5) is 0 Å². The van der Waals surface area contributed by atoms with Crippen molar-refractivity contribution >= 4 is 23.6 Å². The minimum absolute atomic E-state index is 0.684. The Balaban J connectivity index is 2.43. The zero-order chi connectivity index (χ0) is 11.5. The van der Waals surface area contributed by atoms with Gasteiger partial charge in [-0.25, -0.2) is 4.98 Å². The Morgan fingerprint density at radius 1 is 1.50 bits per heavy atom. The molecule has 0 saturated heterocycles. The zero-order valence-electron chi connectivity index (χ0n) is 9.36. The van der Waals surface area contributed by atoms with Crippen LogP contribution in [0.3, 0.4) is 0 Å². The monoisotopic (exact) mass is 254 g/mol. The first-order chi connectivity index (χ1) is 7.76. The van der Waals surface area contributed by atoms with E-state index in [-0.39, 0.29) is 0 Å². The molecule has 4 nitrogen and oxygen atoms in total. The van der Waals surface area contributed by atoms with Crippen molar-refractivity contribution in [2.45, 2.75) is 33.2 Å². The number of hydrogen-bond acceptors (Lipinski definition) is 4. The third-order valence-electron chi connectivity index (χ3n) is 2.28. The Bertz CT molecular complexity index is 523. The number of hydrogen-bond donors (Lipinski definition) is 1. The Labute approximate surface area is 103 Å². The molecule has 2 aromatic rings. The van der Waals surface area contributed by atoms with Crippen LogP contribution < -0.4 is 0 Å². The van der Waals surface area contributed by atoms with Gasteiger partial charge in [-0.05, 0) is 25.1 Å². The number of aromatic nitrogens is 4. The number of thiazole rings is 1. The summed E-state index contributed by atoms with van der Waals surface area (Å²) in [4.78, 5) is 5.42. The molecule has 0 amide bonds. The van der Waals surface area contributed by atoms with Crippen LogP contribution in [0.1, 0.15) is 25.3 Å². The first-order valence-electron chi connectivity index (χ1n) is 5.36. The van der Waals surface area contributed by atoms with Crippen LogP contribution in [0.5, 0.6) is 0 Å². The molecule has 0 saturated carbocycles. The van der Waals surface area contributed by atoms with Gasteiger partial charge in [0.05, 0.1) is 9.88 Å². The molecule has 0 aliphatic carbocycles. The van der Waals surface area contributed by atoms with Crippen molar-refractivity contribution in [3.63, 3.8) is 0 Å². The highest BCUT2D eigenvalue weighted by Crippen LogP contribution is 2.24. The van der Waals surface area contributed by atoms with Crippen LogP contribution in [0.2, 0.25) is 0 Å². The lowest BCUT2D eigenvalue weighted by Crippen LogP contribution is -1.98. The minimum Gasteiger partial charge on any atom is -0.299 e. The molecule has 0 unspecified atom stereocenters. The predicted molar refractivity (Wildman–Crippen MR) is 68.2 cm³/mol. The quantitative estimate of drug-likeness (QED) is 0.853. The summed E-state index contributed by atoms with van der Waals surface area (Å²) in [6.45, 7) is 5.12. The van der Waals surface area contributed by atoms with Gasteiger partial charge in [-0.3, -0.25) is 9.67 Å². The first kappa shape index (κ1) is 11.5. The van der Waals surface area contributed by atoms with E-state index >= 15 is 0 Å². The van der Waals surface area contributed by atoms with E-state index in [0.717, 1.165) is 35.1 Å². The van der Waals surface area contributed by atoms with Gasteiger partial charge in [0.2, 0.25) is 0 Å². The van der Waals surface area contributed by atoms with Crippen molar-refractivity contribution in [1.29, 1.82) is 0 Å². The summed E-state index contributed by atoms with van der Waals surface area (Å²) in [6, 6.07) is 0. The summed E-state index contributed by atoms with van der Waals surface area (Å²) in [5, 5.41) is 8.24. The second-order valence-electron chi connectivity index (χ2n) is 3.48. The fraction of sp³-hybridized carbons (Fsp3) is 0.500. The standard InChI is InChI=1S/C10H14N4S2/c1-3-5-14-9(12-13-10(14)15)7-6-11-8(4-2)16-7/h6H,3-5H2,1-2H3,(H,13,15). The van der Waals surface area contributed by atoms with Crippen molar-refractivity contribution < 1.29 is 0 Å². The Hall–Kier alpha value is -1.01. The second kappa shape index (κ2) is 4.88. The maximum absolute atomic E-state index is 5.20. The van der Waals surface area contributed by atoms with E-state index in [4.69, 9.17) is 12.2 Å². The summed E-state index contributed by atoms with van der Waals surface area (Å²) >= 11 is 6.88. The molecular weight excluding hydrogens is 240 g/mol. The molecule has 0 aliphatic rings. The Morgan fingerprint density at radius 3 is 2.94 bits per heavy atom. The first-order valence-corrected chi connectivity index (χ1v) is 6.59. The van der Waals surface area contributed by atoms with Gasteiger partial charge >= 0.3 is 0 Å². The van der Waals surface area contributed by atoms with Gasteiger partial charge in [0.25, 0.3) is 0 Å². The number of aromatic amines is 1. The lowest BCUT2D eigenvalue weighted by molar-refractivity contribution is 0.675. The van der Waals surface area contributed by atoms with Gasteiger partial charge in [-0.15, -0.1) is 11.3 Å². The van der Waals surface area contributed by atoms with Gasteiger partial charge in [-0.1, -0.05) is 13.8 Å². The molecule has 0 spiro atoms. The summed E-state index contributed by atoms with van der Waals surface area (Å²) in [5.74, 6) is 0.907. The summed E-state index contributed by atoms with van der Waals surface area (Å²) < 4.78 is 2.71. The van der Waals surface area contributed by atoms with Crippen LogP contribution >= 0.6 is 23.6 Å². The van der Waals surface area contributed by atoms with Crippen molar-refractivity contribution in [2.24, 2.45) is 0 Å². The number of H-pyrrole nitrogens is 1. The minimum atomic E-state index is 0.684. The average Bonchev–Trinajstić information content (AvgIpc) is 2.87. The zero-order valence-corrected chi connectivity index (χ0v) is 11.0. The number of aryl methyl sites for hydroxylation is 1. The molecule has 86 valence electrons. The van der Waals surface area contributed by atoms with Crippen molar-refractivity contribution in [2.75, 3.05) is 0 Å². The van der Waals surface area contributed by atoms with Crippen LogP contribution in [0.25, 0.3) is 10.7 Å². The lowest BCUT2D eigenvalue weighted by Gasteiger charge is -2.01. The molecule has 6 heteroatoms. The second-order valence-corrected chi connectivity index (χ2v) is 4.98. The Morgan fingerprint density at radius 2 is 2.31 bits per heavy atom. The molecule has 16 heavy (non-hydrogen) atoms. The van der Waals surface area contributed by atoms with E-state index < -0.39 is 0 Å². The van der Waals surface area contributed by atoms with E-state index in [9.17, 15) is 0 Å². The highest BCUT2D eigenvalue weighted by Gasteiger charge is 2.11. The molecule has 0 atom stereocenters. The van der Waals surface area contributed by atoms with Gasteiger partial charge < -0.3 is 0 Å². The van der Waals surface area contributed by atoms with Crippen LogP contribution in [0, 0.1) is 4.77 Å². The van der Waals surface area contributed by atoms with Crippen LogP contribution in [-0.2, 0) is 13.0 Å². The molecule has 2 heterocycles. The summed E-state index contributed by atoms with van der Waals surface area (Å²) in [5.41, 5.74) is 0. The van der Waals surface area contributed by atoms with Crippen molar-refractivity contribution in [3.05, 3.63) is 16.0 Å². The molecular formula is C10H14N4S2. The number of nitrogens with zero attached hydrogens (tertiary/aromatic N) is 3. The van der Waals surface area contributed by atoms with E-state index in [0.29, 0.717) is 4.77 Å².